The molecular weight excluding hydrogens is 465 g/mol. The van der Waals surface area contributed by atoms with Gasteiger partial charge in [-0.1, -0.05) is 11.6 Å². The third-order valence-corrected chi connectivity index (χ3v) is 6.03. The van der Waals surface area contributed by atoms with E-state index in [1.54, 1.807) is 48.4 Å². The molecule has 0 saturated carbocycles. The Balaban J connectivity index is 1.41. The minimum Gasteiger partial charge on any atom is -0.491 e. The lowest BCUT2D eigenvalue weighted by atomic mass is 9.84. The van der Waals surface area contributed by atoms with Crippen molar-refractivity contribution >= 4 is 17.5 Å². The van der Waals surface area contributed by atoms with Gasteiger partial charge in [0.15, 0.2) is 0 Å². The molecule has 11 heteroatoms. The molecule has 1 aromatic heterocycles. The number of likely N-dealkylation sites (tertiary alicyclic amines) is 1. The van der Waals surface area contributed by atoms with E-state index in [0.29, 0.717) is 47.1 Å². The van der Waals surface area contributed by atoms with Gasteiger partial charge in [0.05, 0.1) is 23.9 Å². The summed E-state index contributed by atoms with van der Waals surface area (Å²) in [6.07, 6.45) is -3.00. The number of ether oxygens (including phenoxy) is 4. The summed E-state index contributed by atoms with van der Waals surface area (Å²) in [7, 11) is 0. The van der Waals surface area contributed by atoms with E-state index in [1.807, 2.05) is 0 Å². The molecule has 4 rings (SSSR count). The second kappa shape index (κ2) is 9.46. The Hall–Kier alpha value is -2.40. The van der Waals surface area contributed by atoms with Crippen molar-refractivity contribution in [1.82, 2.24) is 9.88 Å². The SMILES string of the molecule is Cc1cc(C(=O)N2CC[C@]3(c4ncccc4Cl)OCOC3C2)ccc1OCCOC(F)(F)F. The smallest absolute Gasteiger partial charge is 0.491 e. The van der Waals surface area contributed by atoms with Gasteiger partial charge < -0.3 is 19.1 Å². The third kappa shape index (κ3) is 5.08. The van der Waals surface area contributed by atoms with Crippen LogP contribution in [0.25, 0.3) is 0 Å². The van der Waals surface area contributed by atoms with E-state index < -0.39 is 24.7 Å². The molecule has 2 aromatic rings. The topological polar surface area (TPSA) is 70.1 Å². The summed E-state index contributed by atoms with van der Waals surface area (Å²) >= 11 is 6.36. The maximum absolute atomic E-state index is 13.1. The van der Waals surface area contributed by atoms with Crippen LogP contribution in [0.3, 0.4) is 0 Å². The van der Waals surface area contributed by atoms with Gasteiger partial charge in [0.2, 0.25) is 0 Å². The van der Waals surface area contributed by atoms with Crippen LogP contribution in [-0.2, 0) is 19.8 Å². The Morgan fingerprint density at radius 2 is 2.15 bits per heavy atom. The first-order chi connectivity index (χ1) is 15.7. The van der Waals surface area contributed by atoms with E-state index in [1.165, 1.54) is 0 Å². The van der Waals surface area contributed by atoms with Gasteiger partial charge >= 0.3 is 6.36 Å². The zero-order valence-electron chi connectivity index (χ0n) is 17.7. The summed E-state index contributed by atoms with van der Waals surface area (Å²) in [5.74, 6) is 0.188. The molecule has 3 heterocycles. The molecule has 0 bridgehead atoms. The number of carbonyl (C=O) groups excluding carboxylic acids is 1. The average molecular weight is 487 g/mol. The predicted octanol–water partition coefficient (Wildman–Crippen LogP) is 4.07. The molecule has 2 saturated heterocycles. The third-order valence-electron chi connectivity index (χ3n) is 5.72. The van der Waals surface area contributed by atoms with Crippen LogP contribution in [0, 0.1) is 6.92 Å². The highest BCUT2D eigenvalue weighted by molar-refractivity contribution is 6.31. The molecule has 178 valence electrons. The van der Waals surface area contributed by atoms with Crippen molar-refractivity contribution in [3.8, 4) is 5.75 Å². The number of piperidine rings is 1. The molecule has 1 unspecified atom stereocenters. The maximum atomic E-state index is 13.1. The van der Waals surface area contributed by atoms with Gasteiger partial charge in [0, 0.05) is 24.7 Å². The Kier molecular flexibility index (Phi) is 6.81. The number of pyridine rings is 1. The van der Waals surface area contributed by atoms with Crippen LogP contribution >= 0.6 is 11.6 Å². The molecule has 1 amide bonds. The Labute approximate surface area is 193 Å². The Morgan fingerprint density at radius 1 is 1.33 bits per heavy atom. The lowest BCUT2D eigenvalue weighted by Gasteiger charge is -2.41. The van der Waals surface area contributed by atoms with E-state index in [-0.39, 0.29) is 19.3 Å². The van der Waals surface area contributed by atoms with Crippen LogP contribution in [0.5, 0.6) is 5.75 Å². The molecule has 7 nitrogen and oxygen atoms in total. The number of rotatable bonds is 6. The van der Waals surface area contributed by atoms with E-state index >= 15 is 0 Å². The van der Waals surface area contributed by atoms with Gasteiger partial charge in [-0.15, -0.1) is 13.2 Å². The first-order valence-electron chi connectivity index (χ1n) is 10.3. The normalized spacial score (nSPS) is 22.8. The minimum atomic E-state index is -4.70. The fourth-order valence-electron chi connectivity index (χ4n) is 4.13. The van der Waals surface area contributed by atoms with Gasteiger partial charge in [-0.3, -0.25) is 14.5 Å². The molecule has 2 fully saturated rings. The van der Waals surface area contributed by atoms with Crippen molar-refractivity contribution < 1.29 is 36.9 Å². The zero-order valence-corrected chi connectivity index (χ0v) is 18.5. The summed E-state index contributed by atoms with van der Waals surface area (Å²) in [6, 6.07) is 8.28. The summed E-state index contributed by atoms with van der Waals surface area (Å²) in [6.45, 7) is 1.63. The van der Waals surface area contributed by atoms with Crippen LogP contribution < -0.4 is 4.74 Å². The van der Waals surface area contributed by atoms with Crippen molar-refractivity contribution in [3.63, 3.8) is 0 Å². The monoisotopic (exact) mass is 486 g/mol. The first kappa shape index (κ1) is 23.7. The second-order valence-corrected chi connectivity index (χ2v) is 8.17. The number of aryl methyl sites for hydroxylation is 1. The number of amides is 1. The molecule has 33 heavy (non-hydrogen) atoms. The number of aromatic nitrogens is 1. The maximum Gasteiger partial charge on any atom is 0.522 e. The summed E-state index contributed by atoms with van der Waals surface area (Å²) in [5, 5.41) is 0.486. The summed E-state index contributed by atoms with van der Waals surface area (Å²) in [4.78, 5) is 19.2. The van der Waals surface area contributed by atoms with Crippen LogP contribution in [0.4, 0.5) is 13.2 Å². The average Bonchev–Trinajstić information content (AvgIpc) is 3.20. The molecule has 1 aromatic carbocycles. The molecular formula is C22H22ClF3N2O5. The lowest BCUT2D eigenvalue weighted by molar-refractivity contribution is -0.325. The quantitative estimate of drug-likeness (QED) is 0.573. The number of hydrogen-bond acceptors (Lipinski definition) is 6. The van der Waals surface area contributed by atoms with Gasteiger partial charge in [-0.25, -0.2) is 0 Å². The number of fused-ring (bicyclic) bond motifs is 1. The number of nitrogens with zero attached hydrogens (tertiary/aromatic N) is 2. The molecule has 0 radical (unpaired) electrons. The number of carbonyl (C=O) groups is 1. The standard InChI is InChI=1S/C22H22ClF3N2O5/c1-14-11-15(4-5-17(14)30-9-10-32-22(24,25)26)20(29)28-8-6-21(18(12-28)31-13-33-21)19-16(23)3-2-7-27-19/h2-5,7,11,18H,6,8-10,12-13H2,1H3/t18?,21-/m0/s1. The number of alkyl halides is 3. The van der Waals surface area contributed by atoms with Crippen molar-refractivity contribution in [2.45, 2.75) is 31.4 Å². The van der Waals surface area contributed by atoms with Crippen LogP contribution in [-0.4, -0.2) is 61.4 Å². The van der Waals surface area contributed by atoms with Crippen molar-refractivity contribution in [2.24, 2.45) is 0 Å². The van der Waals surface area contributed by atoms with Gasteiger partial charge in [0.1, 0.15) is 30.9 Å². The highest BCUT2D eigenvalue weighted by Gasteiger charge is 2.53. The number of hydrogen-bond donors (Lipinski definition) is 0. The molecule has 2 aliphatic heterocycles. The molecule has 2 atom stereocenters. The van der Waals surface area contributed by atoms with E-state index in [2.05, 4.69) is 9.72 Å². The fraction of sp³-hybridized carbons (Fsp3) is 0.455. The second-order valence-electron chi connectivity index (χ2n) is 7.76. The van der Waals surface area contributed by atoms with Gasteiger partial charge in [-0.2, -0.15) is 0 Å². The van der Waals surface area contributed by atoms with Crippen LogP contribution in [0.15, 0.2) is 36.5 Å². The molecule has 0 N–H and O–H groups in total. The molecule has 2 aliphatic rings. The van der Waals surface area contributed by atoms with Crippen molar-refractivity contribution in [1.29, 1.82) is 0 Å². The van der Waals surface area contributed by atoms with E-state index in [0.717, 1.165) is 0 Å². The Bertz CT molecular complexity index is 1020. The first-order valence-corrected chi connectivity index (χ1v) is 10.7. The highest BCUT2D eigenvalue weighted by Crippen LogP contribution is 2.44. The predicted molar refractivity (Wildman–Crippen MR) is 111 cm³/mol. The highest BCUT2D eigenvalue weighted by atomic mass is 35.5. The van der Waals surface area contributed by atoms with Crippen molar-refractivity contribution in [2.75, 3.05) is 33.1 Å². The fourth-order valence-corrected chi connectivity index (χ4v) is 4.41. The van der Waals surface area contributed by atoms with Gasteiger partial charge in [-0.05, 0) is 42.8 Å². The minimum absolute atomic E-state index is 0.0861. The van der Waals surface area contributed by atoms with E-state index in [4.69, 9.17) is 25.8 Å². The van der Waals surface area contributed by atoms with Crippen molar-refractivity contribution in [3.05, 3.63) is 58.4 Å². The summed E-state index contributed by atoms with van der Waals surface area (Å²) < 4.78 is 56.9. The largest absolute Gasteiger partial charge is 0.522 e. The Morgan fingerprint density at radius 3 is 2.88 bits per heavy atom. The van der Waals surface area contributed by atoms with Crippen LogP contribution in [0.1, 0.15) is 28.0 Å². The van der Waals surface area contributed by atoms with Crippen LogP contribution in [0.2, 0.25) is 5.02 Å². The molecule has 0 spiro atoms. The summed E-state index contributed by atoms with van der Waals surface area (Å²) in [5.41, 5.74) is 0.864. The van der Waals surface area contributed by atoms with E-state index in [9.17, 15) is 18.0 Å². The lowest BCUT2D eigenvalue weighted by Crippen LogP contribution is -2.54. The number of benzene rings is 1. The number of halogens is 4. The zero-order chi connectivity index (χ0) is 23.6. The molecule has 0 aliphatic carbocycles. The van der Waals surface area contributed by atoms with Gasteiger partial charge in [0.25, 0.3) is 5.91 Å².